The molecule has 2 fully saturated rings. The lowest BCUT2D eigenvalue weighted by atomic mass is 9.96. The number of hydrogen-bond donors (Lipinski definition) is 1. The molecule has 0 aromatic heterocycles. The minimum Gasteiger partial charge on any atom is -0.379 e. The van der Waals surface area contributed by atoms with Gasteiger partial charge >= 0.3 is 0 Å². The van der Waals surface area contributed by atoms with E-state index in [-0.39, 0.29) is 17.6 Å². The lowest BCUT2D eigenvalue weighted by Crippen LogP contribution is -2.42. The first-order valence-electron chi connectivity index (χ1n) is 11.3. The lowest BCUT2D eigenvalue weighted by Gasteiger charge is -2.32. The van der Waals surface area contributed by atoms with E-state index < -0.39 is 0 Å². The van der Waals surface area contributed by atoms with Crippen molar-refractivity contribution in [3.8, 4) is 0 Å². The third kappa shape index (κ3) is 6.60. The van der Waals surface area contributed by atoms with Gasteiger partial charge in [0.1, 0.15) is 5.82 Å². The molecule has 2 aromatic rings. The molecule has 4 rings (SSSR count). The highest BCUT2D eigenvalue weighted by atomic mass is 19.1. The fourth-order valence-electron chi connectivity index (χ4n) is 4.45. The molecule has 2 aliphatic heterocycles. The fourth-order valence-corrected chi connectivity index (χ4v) is 4.45. The highest BCUT2D eigenvalue weighted by molar-refractivity contribution is 5.79. The Kier molecular flexibility index (Phi) is 7.67. The van der Waals surface area contributed by atoms with Crippen LogP contribution in [0.4, 0.5) is 4.39 Å². The number of carbonyl (C=O) groups is 1. The highest BCUT2D eigenvalue weighted by Gasteiger charge is 2.25. The summed E-state index contributed by atoms with van der Waals surface area (Å²) >= 11 is 0. The molecule has 0 radical (unpaired) electrons. The van der Waals surface area contributed by atoms with E-state index in [4.69, 9.17) is 4.74 Å². The molecular weight excluding hydrogens is 393 g/mol. The molecule has 166 valence electrons. The number of hydrogen-bond acceptors (Lipinski definition) is 4. The van der Waals surface area contributed by atoms with Gasteiger partial charge in [0, 0.05) is 39.3 Å². The Hall–Kier alpha value is -2.28. The molecule has 0 aliphatic carbocycles. The van der Waals surface area contributed by atoms with Gasteiger partial charge in [-0.1, -0.05) is 36.4 Å². The summed E-state index contributed by atoms with van der Waals surface area (Å²) in [7, 11) is 0. The predicted octanol–water partition coefficient (Wildman–Crippen LogP) is 3.19. The van der Waals surface area contributed by atoms with Gasteiger partial charge in [-0.3, -0.25) is 14.6 Å². The SMILES string of the molecule is O=C(NCc1cccc(CN2CCOCC2)c1)[C@H]1CCCN(Cc2ccc(F)cc2)C1. The minimum atomic E-state index is -0.214. The number of likely N-dealkylation sites (tertiary alicyclic amines) is 1. The molecule has 6 heteroatoms. The number of rotatable bonds is 7. The maximum atomic E-state index is 13.1. The first-order chi connectivity index (χ1) is 15.2. The molecule has 2 aromatic carbocycles. The quantitative estimate of drug-likeness (QED) is 0.740. The van der Waals surface area contributed by atoms with Crippen molar-refractivity contribution in [3.05, 3.63) is 71.0 Å². The summed E-state index contributed by atoms with van der Waals surface area (Å²) in [4.78, 5) is 17.5. The zero-order valence-electron chi connectivity index (χ0n) is 18.1. The van der Waals surface area contributed by atoms with Crippen LogP contribution in [-0.4, -0.2) is 55.1 Å². The predicted molar refractivity (Wildman–Crippen MR) is 119 cm³/mol. The third-order valence-electron chi connectivity index (χ3n) is 6.16. The van der Waals surface area contributed by atoms with Crippen LogP contribution >= 0.6 is 0 Å². The topological polar surface area (TPSA) is 44.8 Å². The summed E-state index contributed by atoms with van der Waals surface area (Å²) in [5, 5.41) is 3.14. The van der Waals surface area contributed by atoms with Crippen molar-refractivity contribution in [1.29, 1.82) is 0 Å². The van der Waals surface area contributed by atoms with Crippen molar-refractivity contribution in [3.63, 3.8) is 0 Å². The average molecular weight is 426 g/mol. The van der Waals surface area contributed by atoms with Gasteiger partial charge in [0.2, 0.25) is 5.91 Å². The molecule has 1 amide bonds. The van der Waals surface area contributed by atoms with Gasteiger partial charge in [-0.2, -0.15) is 0 Å². The summed E-state index contributed by atoms with van der Waals surface area (Å²) in [6.07, 6.45) is 1.93. The van der Waals surface area contributed by atoms with Crippen LogP contribution < -0.4 is 5.32 Å². The van der Waals surface area contributed by atoms with Gasteiger partial charge in [0.15, 0.2) is 0 Å². The van der Waals surface area contributed by atoms with Crippen LogP contribution in [0, 0.1) is 11.7 Å². The molecule has 31 heavy (non-hydrogen) atoms. The Morgan fingerprint density at radius 2 is 1.71 bits per heavy atom. The lowest BCUT2D eigenvalue weighted by molar-refractivity contribution is -0.126. The molecule has 0 spiro atoms. The van der Waals surface area contributed by atoms with Crippen molar-refractivity contribution in [2.75, 3.05) is 39.4 Å². The smallest absolute Gasteiger partial charge is 0.224 e. The maximum Gasteiger partial charge on any atom is 0.224 e. The first-order valence-corrected chi connectivity index (χ1v) is 11.3. The number of carbonyl (C=O) groups excluding carboxylic acids is 1. The number of nitrogens with one attached hydrogen (secondary N) is 1. The number of halogens is 1. The van der Waals surface area contributed by atoms with Crippen LogP contribution in [0.25, 0.3) is 0 Å². The molecule has 1 atom stereocenters. The Labute approximate surface area is 184 Å². The van der Waals surface area contributed by atoms with E-state index in [1.54, 1.807) is 0 Å². The van der Waals surface area contributed by atoms with Crippen molar-refractivity contribution >= 4 is 5.91 Å². The van der Waals surface area contributed by atoms with Gasteiger partial charge < -0.3 is 10.1 Å². The summed E-state index contributed by atoms with van der Waals surface area (Å²) in [6, 6.07) is 15.1. The van der Waals surface area contributed by atoms with E-state index in [2.05, 4.69) is 39.4 Å². The molecule has 2 saturated heterocycles. The molecule has 0 saturated carbocycles. The monoisotopic (exact) mass is 425 g/mol. The van der Waals surface area contributed by atoms with Crippen molar-refractivity contribution in [1.82, 2.24) is 15.1 Å². The normalized spacial score (nSPS) is 20.5. The van der Waals surface area contributed by atoms with Crippen LogP contribution in [0.2, 0.25) is 0 Å². The molecule has 0 bridgehead atoms. The van der Waals surface area contributed by atoms with Gasteiger partial charge in [-0.25, -0.2) is 4.39 Å². The molecule has 2 heterocycles. The van der Waals surface area contributed by atoms with Crippen LogP contribution in [0.3, 0.4) is 0 Å². The Morgan fingerprint density at radius 1 is 0.968 bits per heavy atom. The largest absolute Gasteiger partial charge is 0.379 e. The standard InChI is InChI=1S/C25H32FN3O2/c26-24-8-6-20(7-9-24)17-29-10-2-5-23(19-29)25(30)27-16-21-3-1-4-22(15-21)18-28-11-13-31-14-12-28/h1,3-4,6-9,15,23H,2,5,10-14,16-19H2,(H,27,30)/t23-/m0/s1. The number of nitrogens with zero attached hydrogens (tertiary/aromatic N) is 2. The van der Waals surface area contributed by atoms with Gasteiger partial charge in [0.25, 0.3) is 0 Å². The van der Waals surface area contributed by atoms with Gasteiger partial charge in [-0.15, -0.1) is 0 Å². The summed E-state index contributed by atoms with van der Waals surface area (Å²) in [5.41, 5.74) is 3.49. The molecule has 0 unspecified atom stereocenters. The van der Waals surface area contributed by atoms with E-state index >= 15 is 0 Å². The van der Waals surface area contributed by atoms with Crippen LogP contribution in [0.15, 0.2) is 48.5 Å². The van der Waals surface area contributed by atoms with Gasteiger partial charge in [-0.05, 0) is 48.2 Å². The second-order valence-electron chi connectivity index (χ2n) is 8.63. The number of benzene rings is 2. The van der Waals surface area contributed by atoms with E-state index in [0.717, 1.165) is 76.5 Å². The van der Waals surface area contributed by atoms with Crippen molar-refractivity contribution in [2.45, 2.75) is 32.5 Å². The van der Waals surface area contributed by atoms with Crippen LogP contribution in [0.1, 0.15) is 29.5 Å². The Balaban J connectivity index is 1.26. The third-order valence-corrected chi connectivity index (χ3v) is 6.16. The second kappa shape index (κ2) is 10.8. The summed E-state index contributed by atoms with van der Waals surface area (Å²) < 4.78 is 18.5. The number of amides is 1. The first kappa shape index (κ1) is 21.9. The number of morpholine rings is 1. The maximum absolute atomic E-state index is 13.1. The van der Waals surface area contributed by atoms with E-state index in [9.17, 15) is 9.18 Å². The number of ether oxygens (including phenoxy) is 1. The summed E-state index contributed by atoms with van der Waals surface area (Å²) in [6.45, 7) is 7.51. The molecule has 1 N–H and O–H groups in total. The molecule has 5 nitrogen and oxygen atoms in total. The van der Waals surface area contributed by atoms with E-state index in [1.165, 1.54) is 17.7 Å². The Morgan fingerprint density at radius 3 is 2.52 bits per heavy atom. The van der Waals surface area contributed by atoms with Crippen LogP contribution in [0.5, 0.6) is 0 Å². The van der Waals surface area contributed by atoms with Gasteiger partial charge in [0.05, 0.1) is 19.1 Å². The average Bonchev–Trinajstić information content (AvgIpc) is 2.80. The zero-order valence-corrected chi connectivity index (χ0v) is 18.1. The molecule has 2 aliphatic rings. The zero-order chi connectivity index (χ0) is 21.5. The summed E-state index contributed by atoms with van der Waals surface area (Å²) in [5.74, 6) is -0.0817. The highest BCUT2D eigenvalue weighted by Crippen LogP contribution is 2.19. The van der Waals surface area contributed by atoms with Crippen molar-refractivity contribution in [2.24, 2.45) is 5.92 Å². The molecular formula is C25H32FN3O2. The number of piperidine rings is 1. The van der Waals surface area contributed by atoms with Crippen molar-refractivity contribution < 1.29 is 13.9 Å². The second-order valence-corrected chi connectivity index (χ2v) is 8.63. The van der Waals surface area contributed by atoms with Crippen LogP contribution in [-0.2, 0) is 29.2 Å². The van der Waals surface area contributed by atoms with E-state index in [0.29, 0.717) is 6.54 Å². The Bertz CT molecular complexity index is 852. The minimum absolute atomic E-state index is 0.00531. The van der Waals surface area contributed by atoms with E-state index in [1.807, 2.05) is 12.1 Å². The fraction of sp³-hybridized carbons (Fsp3) is 0.480.